The van der Waals surface area contributed by atoms with Crippen molar-refractivity contribution in [2.24, 2.45) is 10.8 Å². The number of amides is 2. The number of hydrogen-bond donors (Lipinski definition) is 2. The topological polar surface area (TPSA) is 101 Å². The Morgan fingerprint density at radius 2 is 2.00 bits per heavy atom. The van der Waals surface area contributed by atoms with Gasteiger partial charge in [0.25, 0.3) is 5.91 Å². The van der Waals surface area contributed by atoms with Gasteiger partial charge in [0.1, 0.15) is 11.8 Å². The number of hydrazone groups is 1. The van der Waals surface area contributed by atoms with E-state index in [0.717, 1.165) is 11.3 Å². The second-order valence-electron chi connectivity index (χ2n) is 5.39. The first-order chi connectivity index (χ1) is 11.6. The lowest BCUT2D eigenvalue weighted by molar-refractivity contribution is -0.119. The third kappa shape index (κ3) is 3.40. The Kier molecular flexibility index (Phi) is 4.51. The third-order valence-electron chi connectivity index (χ3n) is 3.70. The van der Waals surface area contributed by atoms with Gasteiger partial charge in [-0.1, -0.05) is 24.3 Å². The van der Waals surface area contributed by atoms with Crippen molar-refractivity contribution in [3.63, 3.8) is 0 Å². The molecule has 0 radical (unpaired) electrons. The summed E-state index contributed by atoms with van der Waals surface area (Å²) in [6.07, 6.45) is 3.53. The maximum Gasteiger partial charge on any atom is 0.267 e. The average molecular weight is 323 g/mol. The summed E-state index contributed by atoms with van der Waals surface area (Å²) in [4.78, 5) is 28.0. The second kappa shape index (κ2) is 6.91. The van der Waals surface area contributed by atoms with E-state index in [1.165, 1.54) is 5.01 Å². The zero-order valence-electron chi connectivity index (χ0n) is 12.9. The Morgan fingerprint density at radius 3 is 2.67 bits per heavy atom. The highest BCUT2D eigenvalue weighted by molar-refractivity contribution is 6.40. The number of hydrogen-bond acceptors (Lipinski definition) is 5. The molecule has 0 aliphatic carbocycles. The SMILES string of the molecule is NC(=O)C1CC(C(=O)NCc2cccnc2)=NN1c1ccccc1. The van der Waals surface area contributed by atoms with Crippen molar-refractivity contribution in [1.29, 1.82) is 0 Å². The Morgan fingerprint density at radius 1 is 1.21 bits per heavy atom. The molecule has 0 bridgehead atoms. The number of nitrogens with one attached hydrogen (secondary N) is 1. The van der Waals surface area contributed by atoms with Gasteiger partial charge >= 0.3 is 0 Å². The van der Waals surface area contributed by atoms with Crippen LogP contribution in [-0.4, -0.2) is 28.6 Å². The molecule has 7 heteroatoms. The van der Waals surface area contributed by atoms with Crippen LogP contribution >= 0.6 is 0 Å². The molecule has 7 nitrogen and oxygen atoms in total. The van der Waals surface area contributed by atoms with E-state index >= 15 is 0 Å². The van der Waals surface area contributed by atoms with Crippen molar-refractivity contribution < 1.29 is 9.59 Å². The van der Waals surface area contributed by atoms with Crippen molar-refractivity contribution >= 4 is 23.2 Å². The molecule has 24 heavy (non-hydrogen) atoms. The van der Waals surface area contributed by atoms with E-state index in [1.54, 1.807) is 18.5 Å². The molecule has 0 spiro atoms. The Hall–Kier alpha value is -3.22. The minimum absolute atomic E-state index is 0.184. The first-order valence-electron chi connectivity index (χ1n) is 7.53. The van der Waals surface area contributed by atoms with Gasteiger partial charge in [-0.15, -0.1) is 0 Å². The highest BCUT2D eigenvalue weighted by Crippen LogP contribution is 2.24. The molecular formula is C17H17N5O2. The summed E-state index contributed by atoms with van der Waals surface area (Å²) < 4.78 is 0. The average Bonchev–Trinajstić information content (AvgIpc) is 3.07. The first-order valence-corrected chi connectivity index (χ1v) is 7.53. The van der Waals surface area contributed by atoms with Gasteiger partial charge in [0, 0.05) is 25.4 Å². The summed E-state index contributed by atoms with van der Waals surface area (Å²) in [7, 11) is 0. The normalized spacial score (nSPS) is 16.6. The molecule has 1 atom stereocenters. The highest BCUT2D eigenvalue weighted by Gasteiger charge is 2.34. The Bertz CT molecular complexity index is 761. The highest BCUT2D eigenvalue weighted by atomic mass is 16.2. The molecule has 3 N–H and O–H groups in total. The molecule has 2 amide bonds. The molecule has 1 aliphatic rings. The van der Waals surface area contributed by atoms with E-state index in [0.29, 0.717) is 6.54 Å². The van der Waals surface area contributed by atoms with Crippen LogP contribution in [0.4, 0.5) is 5.69 Å². The van der Waals surface area contributed by atoms with Crippen LogP contribution in [0.15, 0.2) is 60.0 Å². The fourth-order valence-corrected chi connectivity index (χ4v) is 2.47. The van der Waals surface area contributed by atoms with Crippen molar-refractivity contribution in [1.82, 2.24) is 10.3 Å². The molecule has 2 heterocycles. The summed E-state index contributed by atoms with van der Waals surface area (Å²) in [5, 5.41) is 8.58. The summed E-state index contributed by atoms with van der Waals surface area (Å²) in [5.41, 5.74) is 7.35. The summed E-state index contributed by atoms with van der Waals surface area (Å²) in [6.45, 7) is 0.346. The number of rotatable bonds is 5. The molecule has 0 fully saturated rings. The molecule has 0 saturated heterocycles. The number of carbonyl (C=O) groups excluding carboxylic acids is 2. The van der Waals surface area contributed by atoms with Crippen molar-refractivity contribution in [3.8, 4) is 0 Å². The molecule has 122 valence electrons. The Labute approximate surface area is 139 Å². The smallest absolute Gasteiger partial charge is 0.267 e. The van der Waals surface area contributed by atoms with E-state index in [2.05, 4.69) is 15.4 Å². The quantitative estimate of drug-likeness (QED) is 0.850. The molecule has 1 aromatic heterocycles. The van der Waals surface area contributed by atoms with Crippen LogP contribution in [0.2, 0.25) is 0 Å². The van der Waals surface area contributed by atoms with Gasteiger partial charge in [-0.3, -0.25) is 19.6 Å². The number of aromatic nitrogens is 1. The third-order valence-corrected chi connectivity index (χ3v) is 3.70. The predicted molar refractivity (Wildman–Crippen MR) is 90.0 cm³/mol. The van der Waals surface area contributed by atoms with Gasteiger partial charge in [-0.25, -0.2) is 0 Å². The van der Waals surface area contributed by atoms with Gasteiger partial charge < -0.3 is 11.1 Å². The number of primary amides is 1. The maximum absolute atomic E-state index is 12.3. The van der Waals surface area contributed by atoms with Crippen molar-refractivity contribution in [3.05, 3.63) is 60.4 Å². The molecule has 1 unspecified atom stereocenters. The van der Waals surface area contributed by atoms with Crippen LogP contribution in [0.1, 0.15) is 12.0 Å². The summed E-state index contributed by atoms with van der Waals surface area (Å²) >= 11 is 0. The molecule has 1 aromatic carbocycles. The number of anilines is 1. The minimum Gasteiger partial charge on any atom is -0.368 e. The van der Waals surface area contributed by atoms with Gasteiger partial charge in [0.05, 0.1) is 5.69 Å². The lowest BCUT2D eigenvalue weighted by atomic mass is 10.1. The number of pyridine rings is 1. The molecular weight excluding hydrogens is 306 g/mol. The van der Waals surface area contributed by atoms with Crippen LogP contribution in [-0.2, 0) is 16.1 Å². The molecule has 0 saturated carbocycles. The maximum atomic E-state index is 12.3. The zero-order chi connectivity index (χ0) is 16.9. The standard InChI is InChI=1S/C17H17N5O2/c18-16(23)15-9-14(21-22(15)13-6-2-1-3-7-13)17(24)20-11-12-5-4-8-19-10-12/h1-8,10,15H,9,11H2,(H2,18,23)(H,20,24). The Balaban J connectivity index is 1.73. The van der Waals surface area contributed by atoms with Crippen molar-refractivity contribution in [2.45, 2.75) is 19.0 Å². The monoisotopic (exact) mass is 323 g/mol. The summed E-state index contributed by atoms with van der Waals surface area (Å²) in [6, 6.07) is 12.2. The van der Waals surface area contributed by atoms with Crippen LogP contribution in [0.5, 0.6) is 0 Å². The number of para-hydroxylation sites is 1. The van der Waals surface area contributed by atoms with Crippen LogP contribution in [0.25, 0.3) is 0 Å². The minimum atomic E-state index is -0.661. The zero-order valence-corrected chi connectivity index (χ0v) is 12.9. The molecule has 2 aromatic rings. The lowest BCUT2D eigenvalue weighted by Gasteiger charge is -2.20. The van der Waals surface area contributed by atoms with Crippen LogP contribution in [0, 0.1) is 0 Å². The van der Waals surface area contributed by atoms with Gasteiger partial charge in [0.2, 0.25) is 5.91 Å². The van der Waals surface area contributed by atoms with Crippen molar-refractivity contribution in [2.75, 3.05) is 5.01 Å². The number of nitrogens with two attached hydrogens (primary N) is 1. The summed E-state index contributed by atoms with van der Waals surface area (Å²) in [5.74, 6) is -0.832. The van der Waals surface area contributed by atoms with E-state index in [4.69, 9.17) is 5.73 Å². The second-order valence-corrected chi connectivity index (χ2v) is 5.39. The van der Waals surface area contributed by atoms with Crippen LogP contribution < -0.4 is 16.1 Å². The van der Waals surface area contributed by atoms with E-state index in [1.807, 2.05) is 36.4 Å². The van der Waals surface area contributed by atoms with Gasteiger partial charge in [0.15, 0.2) is 0 Å². The van der Waals surface area contributed by atoms with E-state index in [-0.39, 0.29) is 18.0 Å². The number of benzene rings is 1. The molecule has 1 aliphatic heterocycles. The fourth-order valence-electron chi connectivity index (χ4n) is 2.47. The largest absolute Gasteiger partial charge is 0.368 e. The predicted octanol–water partition coefficient (Wildman–Crippen LogP) is 0.818. The number of carbonyl (C=O) groups is 2. The van der Waals surface area contributed by atoms with Crippen LogP contribution in [0.3, 0.4) is 0 Å². The fraction of sp³-hybridized carbons (Fsp3) is 0.176. The van der Waals surface area contributed by atoms with Gasteiger partial charge in [-0.2, -0.15) is 5.10 Å². The van der Waals surface area contributed by atoms with Gasteiger partial charge in [-0.05, 0) is 23.8 Å². The van der Waals surface area contributed by atoms with E-state index in [9.17, 15) is 9.59 Å². The lowest BCUT2D eigenvalue weighted by Crippen LogP contribution is -2.39. The van der Waals surface area contributed by atoms with E-state index < -0.39 is 11.9 Å². The molecule has 3 rings (SSSR count). The first kappa shape index (κ1) is 15.7. The number of nitrogens with zero attached hydrogens (tertiary/aromatic N) is 3.